The number of carbonyl (C=O) groups excluding carboxylic acids is 2. The minimum atomic E-state index is -0.521. The van der Waals surface area contributed by atoms with Gasteiger partial charge in [0.2, 0.25) is 11.9 Å². The molecule has 0 unspecified atom stereocenters. The number of aromatic nitrogens is 4. The van der Waals surface area contributed by atoms with Gasteiger partial charge in [-0.1, -0.05) is 54.6 Å². The van der Waals surface area contributed by atoms with Crippen LogP contribution in [0.4, 0.5) is 32.9 Å². The van der Waals surface area contributed by atoms with E-state index in [1.807, 2.05) is 120 Å². The van der Waals surface area contributed by atoms with Crippen molar-refractivity contribution in [3.05, 3.63) is 120 Å². The van der Waals surface area contributed by atoms with Gasteiger partial charge >= 0.3 is 12.2 Å². The van der Waals surface area contributed by atoms with Crippen molar-refractivity contribution in [2.45, 2.75) is 71.6 Å². The van der Waals surface area contributed by atoms with Crippen LogP contribution < -0.4 is 15.4 Å². The summed E-state index contributed by atoms with van der Waals surface area (Å²) >= 11 is 0. The van der Waals surface area contributed by atoms with Crippen molar-refractivity contribution >= 4 is 35.5 Å². The van der Waals surface area contributed by atoms with Gasteiger partial charge in [0.1, 0.15) is 30.0 Å². The molecule has 2 aliphatic rings. The molecular formula is C45H54N8O8. The molecule has 16 nitrogen and oxygen atoms in total. The maximum Gasteiger partial charge on any atom is 0.410 e. The smallest absolute Gasteiger partial charge is 0.410 e. The molecule has 4 heterocycles. The number of hydrogen-bond donors (Lipinski definition) is 3. The first-order valence-electron chi connectivity index (χ1n) is 20.1. The van der Waals surface area contributed by atoms with Crippen molar-refractivity contribution in [1.29, 1.82) is 0 Å². The Balaban J connectivity index is 0.000000210. The predicted molar refractivity (Wildman–Crippen MR) is 229 cm³/mol. The molecule has 16 heteroatoms. The standard InChI is InChI=1S/C26H30N4O4.C19H24N4O4/c1-26(2,3)34-25(31)30-13-14-32-23(17-30)20-9-11-21(12-10-20)29-24-27-15-22(16-28-24)33-18-19-7-5-4-6-8-19;1-19(2,3)27-18(25)23-8-9-26-16(12-23)13-4-6-14(7-5-13)22-17-20-10-15(24)11-21-17/h4-12,15-16,23H,13-14,17-18H2,1-3H3,(H,27,28,29);4-7,10-11,16,24H,8-9,12H2,1-3H3,(H,20,21,22)/t23-;16-/m00/s1. The summed E-state index contributed by atoms with van der Waals surface area (Å²) < 4.78 is 28.4. The Morgan fingerprint density at radius 1 is 0.656 bits per heavy atom. The van der Waals surface area contributed by atoms with Gasteiger partial charge in [-0.25, -0.2) is 29.5 Å². The molecule has 2 aliphatic heterocycles. The number of anilines is 4. The predicted octanol–water partition coefficient (Wildman–Crippen LogP) is 8.34. The van der Waals surface area contributed by atoms with Gasteiger partial charge in [0.15, 0.2) is 11.5 Å². The first kappa shape index (κ1) is 44.0. The topological polar surface area (TPSA) is 183 Å². The molecule has 7 rings (SSSR count). The van der Waals surface area contributed by atoms with Crippen LogP contribution in [0, 0.1) is 0 Å². The zero-order valence-corrected chi connectivity index (χ0v) is 35.4. The average Bonchev–Trinajstić information content (AvgIpc) is 3.24. The highest BCUT2D eigenvalue weighted by molar-refractivity contribution is 5.69. The highest BCUT2D eigenvalue weighted by Gasteiger charge is 2.30. The Morgan fingerprint density at radius 3 is 1.51 bits per heavy atom. The van der Waals surface area contributed by atoms with E-state index in [2.05, 4.69) is 30.6 Å². The Morgan fingerprint density at radius 2 is 1.08 bits per heavy atom. The van der Waals surface area contributed by atoms with Crippen molar-refractivity contribution in [1.82, 2.24) is 29.7 Å². The summed E-state index contributed by atoms with van der Waals surface area (Å²) in [5, 5.41) is 15.5. The minimum absolute atomic E-state index is 0.0138. The molecule has 0 aliphatic carbocycles. The molecule has 322 valence electrons. The Labute approximate surface area is 356 Å². The molecule has 3 aromatic carbocycles. The van der Waals surface area contributed by atoms with Crippen LogP contribution in [0.15, 0.2) is 104 Å². The lowest BCUT2D eigenvalue weighted by Crippen LogP contribution is -2.44. The number of rotatable bonds is 9. The number of carbonyl (C=O) groups is 2. The maximum atomic E-state index is 12.4. The fourth-order valence-corrected chi connectivity index (χ4v) is 6.09. The fraction of sp³-hybridized carbons (Fsp3) is 0.378. The molecule has 0 saturated carbocycles. The van der Waals surface area contributed by atoms with Gasteiger partial charge in [-0.05, 0) is 82.5 Å². The van der Waals surface area contributed by atoms with Crippen LogP contribution in [0.25, 0.3) is 0 Å². The number of ether oxygens (including phenoxy) is 5. The molecule has 0 bridgehead atoms. The lowest BCUT2D eigenvalue weighted by molar-refractivity contribution is -0.0434. The Kier molecular flexibility index (Phi) is 14.6. The zero-order valence-electron chi connectivity index (χ0n) is 35.4. The summed E-state index contributed by atoms with van der Waals surface area (Å²) in [6, 6.07) is 25.4. The van der Waals surface area contributed by atoms with E-state index in [1.54, 1.807) is 22.2 Å². The van der Waals surface area contributed by atoms with Crippen molar-refractivity contribution in [3.63, 3.8) is 0 Å². The van der Waals surface area contributed by atoms with Gasteiger partial charge < -0.3 is 49.2 Å². The molecular weight excluding hydrogens is 781 g/mol. The second-order valence-electron chi connectivity index (χ2n) is 16.3. The highest BCUT2D eigenvalue weighted by atomic mass is 16.6. The van der Waals surface area contributed by atoms with Crippen LogP contribution in [0.2, 0.25) is 0 Å². The van der Waals surface area contributed by atoms with Crippen LogP contribution in [0.3, 0.4) is 0 Å². The van der Waals surface area contributed by atoms with Gasteiger partial charge in [-0.3, -0.25) is 0 Å². The summed E-state index contributed by atoms with van der Waals surface area (Å²) in [4.78, 5) is 44.7. The van der Waals surface area contributed by atoms with E-state index in [1.165, 1.54) is 12.4 Å². The van der Waals surface area contributed by atoms with Crippen LogP contribution >= 0.6 is 0 Å². The average molecular weight is 835 g/mol. The first-order valence-corrected chi connectivity index (χ1v) is 20.1. The molecule has 0 spiro atoms. The normalized spacial score (nSPS) is 16.7. The first-order chi connectivity index (χ1) is 29.2. The van der Waals surface area contributed by atoms with Gasteiger partial charge in [-0.15, -0.1) is 0 Å². The van der Waals surface area contributed by atoms with E-state index in [0.717, 1.165) is 28.1 Å². The largest absolute Gasteiger partial charge is 0.505 e. The van der Waals surface area contributed by atoms with Gasteiger partial charge in [-0.2, -0.15) is 0 Å². The third-order valence-electron chi connectivity index (χ3n) is 9.03. The lowest BCUT2D eigenvalue weighted by atomic mass is 10.1. The number of hydrogen-bond acceptors (Lipinski definition) is 14. The summed E-state index contributed by atoms with van der Waals surface area (Å²) in [5.74, 6) is 1.49. The maximum absolute atomic E-state index is 12.4. The lowest BCUT2D eigenvalue weighted by Gasteiger charge is -2.34. The molecule has 2 aromatic heterocycles. The third-order valence-corrected chi connectivity index (χ3v) is 9.03. The van der Waals surface area contributed by atoms with E-state index in [0.29, 0.717) is 63.6 Å². The monoisotopic (exact) mass is 834 g/mol. The molecule has 5 aromatic rings. The van der Waals surface area contributed by atoms with Crippen molar-refractivity contribution in [3.8, 4) is 11.5 Å². The van der Waals surface area contributed by atoms with Gasteiger partial charge in [0, 0.05) is 24.5 Å². The van der Waals surface area contributed by atoms with Gasteiger partial charge in [0.25, 0.3) is 0 Å². The summed E-state index contributed by atoms with van der Waals surface area (Å²) in [5.41, 5.74) is 3.66. The van der Waals surface area contributed by atoms with Crippen LogP contribution in [-0.2, 0) is 25.6 Å². The quantitative estimate of drug-likeness (QED) is 0.129. The number of aromatic hydroxyl groups is 1. The fourth-order valence-electron chi connectivity index (χ4n) is 6.09. The molecule has 61 heavy (non-hydrogen) atoms. The van der Waals surface area contributed by atoms with Crippen molar-refractivity contribution in [2.24, 2.45) is 0 Å². The number of amides is 2. The molecule has 2 saturated heterocycles. The third kappa shape index (κ3) is 14.0. The molecule has 3 N–H and O–H groups in total. The molecule has 0 radical (unpaired) electrons. The van der Waals surface area contributed by atoms with E-state index in [9.17, 15) is 14.7 Å². The number of benzene rings is 3. The summed E-state index contributed by atoms with van der Waals surface area (Å²) in [6.45, 7) is 14.5. The second-order valence-corrected chi connectivity index (χ2v) is 16.3. The van der Waals surface area contributed by atoms with Gasteiger partial charge in [0.05, 0.1) is 51.1 Å². The van der Waals surface area contributed by atoms with Crippen LogP contribution in [0.5, 0.6) is 11.5 Å². The van der Waals surface area contributed by atoms with E-state index >= 15 is 0 Å². The number of morpholine rings is 2. The SMILES string of the molecule is CC(C)(C)OC(=O)N1CCO[C@H](c2ccc(Nc3ncc(O)cn3)cc2)C1.CC(C)(C)OC(=O)N1CCO[C@H](c2ccc(Nc3ncc(OCc4ccccc4)cn3)cc2)C1. The Bertz CT molecular complexity index is 2150. The molecule has 2 atom stereocenters. The van der Waals surface area contributed by atoms with Crippen molar-refractivity contribution in [2.75, 3.05) is 50.0 Å². The number of nitrogens with zero attached hydrogens (tertiary/aromatic N) is 6. The second kappa shape index (κ2) is 20.2. The summed E-state index contributed by atoms with van der Waals surface area (Å²) in [6.07, 6.45) is 4.90. The van der Waals surface area contributed by atoms with Crippen LogP contribution in [-0.4, -0.2) is 97.6 Å². The highest BCUT2D eigenvalue weighted by Crippen LogP contribution is 2.27. The minimum Gasteiger partial charge on any atom is -0.505 e. The summed E-state index contributed by atoms with van der Waals surface area (Å²) in [7, 11) is 0. The zero-order chi connectivity index (χ0) is 43.4. The van der Waals surface area contributed by atoms with E-state index in [-0.39, 0.29) is 30.1 Å². The number of nitrogens with one attached hydrogen (secondary N) is 2. The van der Waals surface area contributed by atoms with E-state index < -0.39 is 11.2 Å². The van der Waals surface area contributed by atoms with Crippen LogP contribution in [0.1, 0.15) is 70.4 Å². The molecule has 2 fully saturated rings. The van der Waals surface area contributed by atoms with E-state index in [4.69, 9.17) is 23.7 Å². The molecule has 2 amide bonds. The van der Waals surface area contributed by atoms with Crippen molar-refractivity contribution < 1.29 is 38.4 Å². The Hall–Kier alpha value is -6.52.